The minimum absolute atomic E-state index is 0.223. The number of carbonyl (C=O) groups excluding carboxylic acids is 1. The first-order valence-corrected chi connectivity index (χ1v) is 3.85. The molecule has 0 fully saturated rings. The summed E-state index contributed by atoms with van der Waals surface area (Å²) in [4.78, 5) is 16.1. The highest BCUT2D eigenvalue weighted by molar-refractivity contribution is 6.33. The van der Waals surface area contributed by atoms with Gasteiger partial charge in [-0.25, -0.2) is 4.79 Å². The maximum Gasteiger partial charge on any atom is 0.345 e. The van der Waals surface area contributed by atoms with Crippen molar-refractivity contribution in [3.8, 4) is 0 Å². The highest BCUT2D eigenvalue weighted by Crippen LogP contribution is 2.08. The van der Waals surface area contributed by atoms with Gasteiger partial charge in [-0.15, -0.1) is 11.6 Å². The van der Waals surface area contributed by atoms with E-state index in [2.05, 4.69) is 4.99 Å². The molecule has 11 heavy (non-hydrogen) atoms. The lowest BCUT2D eigenvalue weighted by atomic mass is 10.3. The van der Waals surface area contributed by atoms with Crippen LogP contribution in [-0.4, -0.2) is 35.2 Å². The fourth-order valence-corrected chi connectivity index (χ4v) is 1.10. The van der Waals surface area contributed by atoms with E-state index in [0.717, 1.165) is 0 Å². The molecule has 0 saturated heterocycles. The zero-order valence-corrected chi connectivity index (χ0v) is 7.01. The van der Waals surface area contributed by atoms with Crippen molar-refractivity contribution >= 4 is 23.5 Å². The molecule has 0 aliphatic carbocycles. The van der Waals surface area contributed by atoms with Crippen LogP contribution in [-0.2, 0) is 0 Å². The van der Waals surface area contributed by atoms with Gasteiger partial charge in [-0.3, -0.25) is 0 Å². The van der Waals surface area contributed by atoms with Gasteiger partial charge < -0.3 is 10.6 Å². The molecule has 0 bridgehead atoms. The molecule has 2 N–H and O–H groups in total. The van der Waals surface area contributed by atoms with E-state index in [1.165, 1.54) is 0 Å². The second kappa shape index (κ2) is 3.09. The van der Waals surface area contributed by atoms with Crippen LogP contribution in [0.1, 0.15) is 6.92 Å². The Morgan fingerprint density at radius 1 is 1.91 bits per heavy atom. The fraction of sp³-hybridized carbons (Fsp3) is 0.667. The van der Waals surface area contributed by atoms with E-state index in [9.17, 15) is 4.79 Å². The predicted molar refractivity (Wildman–Crippen MR) is 43.9 cm³/mol. The number of alkyl halides is 1. The second-order valence-corrected chi connectivity index (χ2v) is 2.85. The molecule has 0 saturated carbocycles. The summed E-state index contributed by atoms with van der Waals surface area (Å²) in [6.45, 7) is 2.96. The van der Waals surface area contributed by atoms with Crippen molar-refractivity contribution < 1.29 is 4.79 Å². The van der Waals surface area contributed by atoms with Gasteiger partial charge in [0.25, 0.3) is 0 Å². The molecule has 1 heterocycles. The van der Waals surface area contributed by atoms with Crippen molar-refractivity contribution in [2.45, 2.75) is 12.3 Å². The Hall–Kier alpha value is -0.770. The van der Waals surface area contributed by atoms with Gasteiger partial charge in [0.2, 0.25) is 0 Å². The van der Waals surface area contributed by atoms with Crippen LogP contribution in [0.2, 0.25) is 0 Å². The molecule has 1 rings (SSSR count). The monoisotopic (exact) mass is 175 g/mol. The lowest BCUT2D eigenvalue weighted by Crippen LogP contribution is -2.45. The standard InChI is InChI=1S/C6H10ClN3O/c1-2-10-3-4(7)5(8)9-6(10)11/h4H,2-3H2,1H3,(H2,8,9,11). The normalized spacial score (nSPS) is 25.3. The number of hydrogen-bond acceptors (Lipinski definition) is 2. The minimum atomic E-state index is -0.326. The lowest BCUT2D eigenvalue weighted by molar-refractivity contribution is 0.210. The van der Waals surface area contributed by atoms with E-state index in [-0.39, 0.29) is 17.2 Å². The summed E-state index contributed by atoms with van der Waals surface area (Å²) in [5, 5.41) is -0.326. The predicted octanol–water partition coefficient (Wildman–Crippen LogP) is 0.407. The van der Waals surface area contributed by atoms with E-state index in [4.69, 9.17) is 17.3 Å². The molecule has 2 amide bonds. The number of aliphatic imine (C=N–C) groups is 1. The number of carbonyl (C=O) groups is 1. The molecule has 1 aliphatic heterocycles. The van der Waals surface area contributed by atoms with Crippen molar-refractivity contribution in [1.82, 2.24) is 4.90 Å². The number of nitrogens with zero attached hydrogens (tertiary/aromatic N) is 2. The first-order valence-electron chi connectivity index (χ1n) is 3.42. The van der Waals surface area contributed by atoms with Gasteiger partial charge in [0.15, 0.2) is 0 Å². The second-order valence-electron chi connectivity index (χ2n) is 2.33. The molecule has 0 aromatic heterocycles. The van der Waals surface area contributed by atoms with Gasteiger partial charge in [-0.1, -0.05) is 0 Å². The number of amidine groups is 1. The minimum Gasteiger partial charge on any atom is -0.386 e. The maximum absolute atomic E-state index is 11.0. The number of nitrogens with two attached hydrogens (primary N) is 1. The molecule has 0 aromatic rings. The highest BCUT2D eigenvalue weighted by Gasteiger charge is 2.24. The van der Waals surface area contributed by atoms with E-state index in [1.54, 1.807) is 4.90 Å². The van der Waals surface area contributed by atoms with E-state index in [1.807, 2.05) is 6.92 Å². The van der Waals surface area contributed by atoms with E-state index < -0.39 is 0 Å². The van der Waals surface area contributed by atoms with Crippen LogP contribution in [0.15, 0.2) is 4.99 Å². The van der Waals surface area contributed by atoms with Crippen LogP contribution in [0.5, 0.6) is 0 Å². The Kier molecular flexibility index (Phi) is 2.34. The molecule has 0 aromatic carbocycles. The van der Waals surface area contributed by atoms with Crippen LogP contribution < -0.4 is 5.73 Å². The molecule has 1 atom stereocenters. The Balaban J connectivity index is 2.75. The number of hydrogen-bond donors (Lipinski definition) is 1. The molecule has 0 radical (unpaired) electrons. The topological polar surface area (TPSA) is 58.7 Å². The Morgan fingerprint density at radius 3 is 3.09 bits per heavy atom. The van der Waals surface area contributed by atoms with Gasteiger partial charge in [0.1, 0.15) is 11.2 Å². The van der Waals surface area contributed by atoms with Gasteiger partial charge in [0, 0.05) is 13.1 Å². The summed E-state index contributed by atoms with van der Waals surface area (Å²) in [7, 11) is 0. The lowest BCUT2D eigenvalue weighted by Gasteiger charge is -2.25. The summed E-state index contributed by atoms with van der Waals surface area (Å²) in [6, 6.07) is -0.290. The third kappa shape index (κ3) is 1.63. The first-order chi connectivity index (χ1) is 5.15. The Bertz CT molecular complexity index is 204. The first kappa shape index (κ1) is 8.33. The van der Waals surface area contributed by atoms with Crippen molar-refractivity contribution in [2.24, 2.45) is 10.7 Å². The zero-order valence-electron chi connectivity index (χ0n) is 6.25. The highest BCUT2D eigenvalue weighted by atomic mass is 35.5. The van der Waals surface area contributed by atoms with E-state index >= 15 is 0 Å². The molecule has 4 nitrogen and oxygen atoms in total. The molecule has 62 valence electrons. The summed E-state index contributed by atoms with van der Waals surface area (Å²) in [5.74, 6) is 0.223. The number of amides is 2. The van der Waals surface area contributed by atoms with Gasteiger partial charge in [0.05, 0.1) is 0 Å². The summed E-state index contributed by atoms with van der Waals surface area (Å²) >= 11 is 5.76. The van der Waals surface area contributed by atoms with E-state index in [0.29, 0.717) is 13.1 Å². The van der Waals surface area contributed by atoms with Crippen molar-refractivity contribution in [1.29, 1.82) is 0 Å². The fourth-order valence-electron chi connectivity index (χ4n) is 0.881. The number of rotatable bonds is 1. The Morgan fingerprint density at radius 2 is 2.55 bits per heavy atom. The average molecular weight is 176 g/mol. The van der Waals surface area contributed by atoms with Crippen LogP contribution in [0.25, 0.3) is 0 Å². The Labute approximate surface area is 70.0 Å². The van der Waals surface area contributed by atoms with Gasteiger partial charge in [-0.2, -0.15) is 4.99 Å². The molecule has 1 aliphatic rings. The molecular weight excluding hydrogens is 166 g/mol. The quantitative estimate of drug-likeness (QED) is 0.587. The number of halogens is 1. The zero-order chi connectivity index (χ0) is 8.43. The summed E-state index contributed by atoms with van der Waals surface area (Å²) < 4.78 is 0. The van der Waals surface area contributed by atoms with Gasteiger partial charge >= 0.3 is 6.03 Å². The SMILES string of the molecule is CCN1CC(Cl)C(N)=NC1=O. The van der Waals surface area contributed by atoms with Crippen LogP contribution in [0, 0.1) is 0 Å². The smallest absolute Gasteiger partial charge is 0.345 e. The summed E-state index contributed by atoms with van der Waals surface area (Å²) in [5.41, 5.74) is 5.36. The summed E-state index contributed by atoms with van der Waals surface area (Å²) in [6.07, 6.45) is 0. The number of urea groups is 1. The average Bonchev–Trinajstić information content (AvgIpc) is 1.97. The molecular formula is C6H10ClN3O. The molecule has 1 unspecified atom stereocenters. The van der Waals surface area contributed by atoms with Gasteiger partial charge in [-0.05, 0) is 6.92 Å². The van der Waals surface area contributed by atoms with Crippen molar-refractivity contribution in [2.75, 3.05) is 13.1 Å². The van der Waals surface area contributed by atoms with Crippen LogP contribution in [0.3, 0.4) is 0 Å². The van der Waals surface area contributed by atoms with Crippen LogP contribution in [0.4, 0.5) is 4.79 Å². The maximum atomic E-state index is 11.0. The third-order valence-corrected chi connectivity index (χ3v) is 1.94. The van der Waals surface area contributed by atoms with Crippen molar-refractivity contribution in [3.05, 3.63) is 0 Å². The molecule has 0 spiro atoms. The molecule has 5 heteroatoms. The third-order valence-electron chi connectivity index (χ3n) is 1.58. The largest absolute Gasteiger partial charge is 0.386 e. The van der Waals surface area contributed by atoms with Crippen molar-refractivity contribution in [3.63, 3.8) is 0 Å². The van der Waals surface area contributed by atoms with Crippen LogP contribution >= 0.6 is 11.6 Å².